The van der Waals surface area contributed by atoms with Gasteiger partial charge in [-0.25, -0.2) is 8.42 Å². The fourth-order valence-corrected chi connectivity index (χ4v) is 6.88. The molecule has 9 nitrogen and oxygen atoms in total. The third-order valence-corrected chi connectivity index (χ3v) is 9.59. The third-order valence-electron chi connectivity index (χ3n) is 7.81. The number of methoxy groups -OCH3 is 2. The number of carbonyl (C=O) groups excluding carboxylic acids is 2. The van der Waals surface area contributed by atoms with Crippen molar-refractivity contribution in [1.82, 2.24) is 10.2 Å². The number of ether oxygens (including phenoxy) is 2. The molecule has 1 aliphatic rings. The molecule has 1 aliphatic carbocycles. The molecule has 43 heavy (non-hydrogen) atoms. The molecule has 0 aromatic heterocycles. The Morgan fingerprint density at radius 1 is 0.953 bits per heavy atom. The Hall–Kier alpha value is -4.05. The lowest BCUT2D eigenvalue weighted by Gasteiger charge is -2.34. The molecular weight excluding hydrogens is 566 g/mol. The molecule has 1 fully saturated rings. The first-order chi connectivity index (χ1) is 20.7. The van der Waals surface area contributed by atoms with Crippen molar-refractivity contribution in [3.63, 3.8) is 0 Å². The predicted octanol–water partition coefficient (Wildman–Crippen LogP) is 5.07. The molecule has 3 aromatic carbocycles. The molecule has 0 aliphatic heterocycles. The first kappa shape index (κ1) is 31.9. The minimum Gasteiger partial charge on any atom is -0.497 e. The molecule has 4 rings (SSSR count). The molecule has 0 spiro atoms. The van der Waals surface area contributed by atoms with Gasteiger partial charge in [0.05, 0.1) is 24.8 Å². The van der Waals surface area contributed by atoms with Crippen LogP contribution in [0.3, 0.4) is 0 Å². The van der Waals surface area contributed by atoms with E-state index in [0.29, 0.717) is 17.9 Å². The number of hydrogen-bond acceptors (Lipinski definition) is 6. The van der Waals surface area contributed by atoms with E-state index in [1.807, 2.05) is 32.0 Å². The Morgan fingerprint density at radius 2 is 1.63 bits per heavy atom. The van der Waals surface area contributed by atoms with Gasteiger partial charge in [-0.1, -0.05) is 56.2 Å². The summed E-state index contributed by atoms with van der Waals surface area (Å²) in [6.45, 7) is 3.29. The highest BCUT2D eigenvalue weighted by Crippen LogP contribution is 2.34. The quantitative estimate of drug-likeness (QED) is 0.291. The molecule has 0 saturated heterocycles. The monoisotopic (exact) mass is 607 g/mol. The third kappa shape index (κ3) is 7.67. The van der Waals surface area contributed by atoms with Gasteiger partial charge in [-0.15, -0.1) is 0 Å². The molecule has 0 unspecified atom stereocenters. The van der Waals surface area contributed by atoms with E-state index in [1.165, 1.54) is 24.1 Å². The summed E-state index contributed by atoms with van der Waals surface area (Å²) < 4.78 is 40.1. The van der Waals surface area contributed by atoms with E-state index in [9.17, 15) is 18.0 Å². The summed E-state index contributed by atoms with van der Waals surface area (Å²) in [5.74, 6) is 0.235. The highest BCUT2D eigenvalue weighted by atomic mass is 32.2. The van der Waals surface area contributed by atoms with Crippen LogP contribution < -0.4 is 19.1 Å². The maximum atomic E-state index is 14.3. The lowest BCUT2D eigenvalue weighted by atomic mass is 10.1. The maximum Gasteiger partial charge on any atom is 0.264 e. The highest BCUT2D eigenvalue weighted by molar-refractivity contribution is 7.92. The van der Waals surface area contributed by atoms with Crippen molar-refractivity contribution in [1.29, 1.82) is 0 Å². The average Bonchev–Trinajstić information content (AvgIpc) is 3.53. The first-order valence-corrected chi connectivity index (χ1v) is 16.1. The van der Waals surface area contributed by atoms with E-state index in [-0.39, 0.29) is 29.1 Å². The minimum absolute atomic E-state index is 0.0408. The number of carbonyl (C=O) groups is 2. The van der Waals surface area contributed by atoms with Gasteiger partial charge < -0.3 is 19.7 Å². The number of nitrogens with zero attached hydrogens (tertiary/aromatic N) is 2. The van der Waals surface area contributed by atoms with Crippen LogP contribution in [-0.2, 0) is 26.2 Å². The summed E-state index contributed by atoms with van der Waals surface area (Å²) in [6, 6.07) is 19.7. The van der Waals surface area contributed by atoms with E-state index < -0.39 is 28.5 Å². The van der Waals surface area contributed by atoms with Crippen molar-refractivity contribution < 1.29 is 27.5 Å². The molecule has 2 amide bonds. The normalized spacial score (nSPS) is 14.1. The molecule has 0 heterocycles. The van der Waals surface area contributed by atoms with Gasteiger partial charge in [0.15, 0.2) is 0 Å². The molecule has 1 atom stereocenters. The van der Waals surface area contributed by atoms with Crippen molar-refractivity contribution >= 4 is 27.5 Å². The van der Waals surface area contributed by atoms with Crippen LogP contribution in [0.5, 0.6) is 11.5 Å². The van der Waals surface area contributed by atoms with Gasteiger partial charge >= 0.3 is 0 Å². The molecule has 3 aromatic rings. The van der Waals surface area contributed by atoms with Crippen LogP contribution in [0, 0.1) is 6.92 Å². The number of sulfonamides is 1. The summed E-state index contributed by atoms with van der Waals surface area (Å²) in [7, 11) is -1.16. The number of hydrogen-bond donors (Lipinski definition) is 1. The van der Waals surface area contributed by atoms with E-state index in [2.05, 4.69) is 5.32 Å². The fraction of sp³-hybridized carbons (Fsp3) is 0.394. The van der Waals surface area contributed by atoms with Gasteiger partial charge in [0, 0.05) is 12.6 Å². The van der Waals surface area contributed by atoms with Crippen LogP contribution in [0.15, 0.2) is 77.7 Å². The Balaban J connectivity index is 1.75. The number of benzene rings is 3. The van der Waals surface area contributed by atoms with Crippen LogP contribution in [0.2, 0.25) is 0 Å². The lowest BCUT2D eigenvalue weighted by molar-refractivity contribution is -0.140. The van der Waals surface area contributed by atoms with Gasteiger partial charge in [-0.05, 0) is 73.7 Å². The zero-order chi connectivity index (χ0) is 31.0. The molecule has 1 saturated carbocycles. The van der Waals surface area contributed by atoms with E-state index in [4.69, 9.17) is 9.47 Å². The lowest BCUT2D eigenvalue weighted by Crippen LogP contribution is -2.53. The standard InChI is InChI=1S/C33H41N3O6S/c1-5-29(33(38)34-26-11-9-10-12-26)35(22-25-16-18-27(41-3)19-17-25)32(37)23-36(30-21-24(2)15-20-31(30)42-4)43(39,40)28-13-7-6-8-14-28/h6-8,13-21,26,29H,5,9-12,22-23H2,1-4H3,(H,34,38)/t29-/m1/s1. The number of amides is 2. The second-order valence-electron chi connectivity index (χ2n) is 10.8. The van der Waals surface area contributed by atoms with Crippen LogP contribution >= 0.6 is 0 Å². The largest absolute Gasteiger partial charge is 0.497 e. The Labute approximate surface area is 254 Å². The van der Waals surface area contributed by atoms with Crippen molar-refractivity contribution in [3.8, 4) is 11.5 Å². The number of nitrogens with one attached hydrogen (secondary N) is 1. The Bertz CT molecular complexity index is 1490. The van der Waals surface area contributed by atoms with Gasteiger partial charge in [0.2, 0.25) is 11.8 Å². The van der Waals surface area contributed by atoms with Crippen molar-refractivity contribution in [2.75, 3.05) is 25.1 Å². The van der Waals surface area contributed by atoms with Crippen molar-refractivity contribution in [2.45, 2.75) is 69.5 Å². The molecular formula is C33H41N3O6S. The Morgan fingerprint density at radius 3 is 2.23 bits per heavy atom. The smallest absolute Gasteiger partial charge is 0.264 e. The summed E-state index contributed by atoms with van der Waals surface area (Å²) in [5, 5.41) is 3.13. The predicted molar refractivity (Wildman–Crippen MR) is 167 cm³/mol. The van der Waals surface area contributed by atoms with E-state index >= 15 is 0 Å². The summed E-state index contributed by atoms with van der Waals surface area (Å²) in [4.78, 5) is 29.5. The Kier molecular flexibility index (Phi) is 10.7. The minimum atomic E-state index is -4.20. The van der Waals surface area contributed by atoms with Gasteiger partial charge in [0.1, 0.15) is 24.1 Å². The summed E-state index contributed by atoms with van der Waals surface area (Å²) in [5.41, 5.74) is 1.83. The van der Waals surface area contributed by atoms with E-state index in [1.54, 1.807) is 49.6 Å². The zero-order valence-electron chi connectivity index (χ0n) is 25.3. The number of rotatable bonds is 13. The van der Waals surface area contributed by atoms with Crippen LogP contribution in [0.4, 0.5) is 5.69 Å². The van der Waals surface area contributed by atoms with E-state index in [0.717, 1.165) is 41.1 Å². The van der Waals surface area contributed by atoms with Crippen molar-refractivity contribution in [3.05, 3.63) is 83.9 Å². The SMILES string of the molecule is CC[C@H](C(=O)NC1CCCC1)N(Cc1ccc(OC)cc1)C(=O)CN(c1cc(C)ccc1OC)S(=O)(=O)c1ccccc1. The molecule has 0 bridgehead atoms. The van der Waals surface area contributed by atoms with Gasteiger partial charge in [-0.2, -0.15) is 0 Å². The zero-order valence-corrected chi connectivity index (χ0v) is 26.1. The molecule has 1 N–H and O–H groups in total. The molecule has 10 heteroatoms. The highest BCUT2D eigenvalue weighted by Gasteiger charge is 2.35. The second kappa shape index (κ2) is 14.4. The van der Waals surface area contributed by atoms with Crippen LogP contribution in [0.25, 0.3) is 0 Å². The number of aryl methyl sites for hydroxylation is 1. The van der Waals surface area contributed by atoms with Crippen LogP contribution in [-0.4, -0.2) is 58.0 Å². The summed E-state index contributed by atoms with van der Waals surface area (Å²) in [6.07, 6.45) is 4.29. The first-order valence-electron chi connectivity index (χ1n) is 14.6. The maximum absolute atomic E-state index is 14.3. The molecule has 0 radical (unpaired) electrons. The van der Waals surface area contributed by atoms with Crippen LogP contribution in [0.1, 0.15) is 50.2 Å². The fourth-order valence-electron chi connectivity index (χ4n) is 5.44. The van der Waals surface area contributed by atoms with Gasteiger partial charge in [0.25, 0.3) is 10.0 Å². The average molecular weight is 608 g/mol. The topological polar surface area (TPSA) is 105 Å². The number of anilines is 1. The summed E-state index contributed by atoms with van der Waals surface area (Å²) >= 11 is 0. The van der Waals surface area contributed by atoms with Gasteiger partial charge in [-0.3, -0.25) is 13.9 Å². The van der Waals surface area contributed by atoms with Crippen molar-refractivity contribution in [2.24, 2.45) is 0 Å². The second-order valence-corrected chi connectivity index (χ2v) is 12.6. The molecule has 230 valence electrons.